The second-order valence-corrected chi connectivity index (χ2v) is 9.74. The van der Waals surface area contributed by atoms with Crippen LogP contribution in [0.15, 0.2) is 36.5 Å². The molecule has 1 aromatic heterocycles. The lowest BCUT2D eigenvalue weighted by Gasteiger charge is -2.59. The molecule has 5 aliphatic rings. The van der Waals surface area contributed by atoms with Crippen molar-refractivity contribution in [3.8, 4) is 0 Å². The van der Waals surface area contributed by atoms with Gasteiger partial charge in [-0.15, -0.1) is 0 Å². The topological polar surface area (TPSA) is 65.5 Å². The molecule has 0 amide bonds. The molecule has 1 saturated heterocycles. The fourth-order valence-electron chi connectivity index (χ4n) is 5.79. The Balaban J connectivity index is 0.000000135. The number of nitrogens with zero attached hydrogens (tertiary/aromatic N) is 1. The minimum absolute atomic E-state index is 0.214. The van der Waals surface area contributed by atoms with Crippen LogP contribution in [0.5, 0.6) is 0 Å². The van der Waals surface area contributed by atoms with Gasteiger partial charge in [0.05, 0.1) is 5.52 Å². The minimum atomic E-state index is -0.875. The molecule has 0 unspecified atom stereocenters. The molecular weight excluding hydrogens is 469 g/mol. The number of ether oxygens (including phenoxy) is 2. The smallest absolute Gasteiger partial charge is 0.320 e. The van der Waals surface area contributed by atoms with Gasteiger partial charge in [-0.05, 0) is 90.8 Å². The first kappa shape index (κ1) is 18.3. The van der Waals surface area contributed by atoms with Gasteiger partial charge in [-0.25, -0.2) is 0 Å². The van der Waals surface area contributed by atoms with Crippen LogP contribution in [0.4, 0.5) is 0 Å². The van der Waals surface area contributed by atoms with Gasteiger partial charge in [-0.3, -0.25) is 14.6 Å². The van der Waals surface area contributed by atoms with E-state index < -0.39 is 17.7 Å². The molecule has 2 heterocycles. The predicted octanol–water partition coefficient (Wildman–Crippen LogP) is 4.47. The summed E-state index contributed by atoms with van der Waals surface area (Å²) in [5.41, 5.74) is 1.06. The quantitative estimate of drug-likeness (QED) is 0.309. The maximum Gasteiger partial charge on any atom is 0.320 e. The average Bonchev–Trinajstić information content (AvgIpc) is 2.65. The van der Waals surface area contributed by atoms with Crippen LogP contribution >= 0.6 is 22.6 Å². The fraction of sp³-hybridized carbons (Fsp3) is 0.500. The number of hydrogen-bond donors (Lipinski definition) is 0. The minimum Gasteiger partial charge on any atom is -0.421 e. The Labute approximate surface area is 177 Å². The SMILES string of the molecule is Ic1ccc2ncccc2c1.O=C1CC(=O)OC2(O1)[C@H]1C[C@H]3C[C@H](C1)C[C@H]2C3. The summed E-state index contributed by atoms with van der Waals surface area (Å²) in [6.45, 7) is 0. The van der Waals surface area contributed by atoms with E-state index in [0.29, 0.717) is 0 Å². The van der Waals surface area contributed by atoms with E-state index in [9.17, 15) is 9.59 Å². The van der Waals surface area contributed by atoms with Crippen LogP contribution in [0.2, 0.25) is 0 Å². The highest BCUT2D eigenvalue weighted by atomic mass is 127. The summed E-state index contributed by atoms with van der Waals surface area (Å²) in [5, 5.41) is 1.21. The Morgan fingerprint density at radius 3 is 2.21 bits per heavy atom. The van der Waals surface area contributed by atoms with Crippen LogP contribution in [-0.2, 0) is 19.1 Å². The average molecular weight is 491 g/mol. The number of carbonyl (C=O) groups excluding carboxylic acids is 2. The van der Waals surface area contributed by atoms with E-state index in [2.05, 4.69) is 45.8 Å². The maximum atomic E-state index is 11.5. The molecule has 4 saturated carbocycles. The van der Waals surface area contributed by atoms with Crippen molar-refractivity contribution in [3.63, 3.8) is 0 Å². The van der Waals surface area contributed by atoms with E-state index in [1.54, 1.807) is 0 Å². The summed E-state index contributed by atoms with van der Waals surface area (Å²) in [4.78, 5) is 27.3. The number of halogens is 1. The third kappa shape index (κ3) is 3.19. The Morgan fingerprint density at radius 2 is 1.57 bits per heavy atom. The van der Waals surface area contributed by atoms with Crippen molar-refractivity contribution in [2.24, 2.45) is 23.7 Å². The number of fused-ring (bicyclic) bond motifs is 1. The van der Waals surface area contributed by atoms with Crippen molar-refractivity contribution in [2.45, 2.75) is 44.3 Å². The van der Waals surface area contributed by atoms with E-state index in [-0.39, 0.29) is 18.3 Å². The van der Waals surface area contributed by atoms with E-state index in [1.165, 1.54) is 15.4 Å². The van der Waals surface area contributed by atoms with E-state index >= 15 is 0 Å². The number of benzene rings is 1. The van der Waals surface area contributed by atoms with Gasteiger partial charge in [-0.2, -0.15) is 0 Å². The molecule has 7 rings (SSSR count). The van der Waals surface area contributed by atoms with E-state index in [4.69, 9.17) is 9.47 Å². The lowest BCUT2D eigenvalue weighted by molar-refractivity contribution is -0.319. The van der Waals surface area contributed by atoms with Gasteiger partial charge in [0, 0.05) is 27.0 Å². The molecule has 146 valence electrons. The van der Waals surface area contributed by atoms with Crippen molar-refractivity contribution >= 4 is 45.4 Å². The molecule has 0 radical (unpaired) electrons. The number of hydrogen-bond acceptors (Lipinski definition) is 5. The summed E-state index contributed by atoms with van der Waals surface area (Å²) in [6, 6.07) is 10.3. The summed E-state index contributed by atoms with van der Waals surface area (Å²) in [6.07, 6.45) is 7.18. The van der Waals surface area contributed by atoms with Crippen LogP contribution in [0.25, 0.3) is 10.9 Å². The second-order valence-electron chi connectivity index (χ2n) is 8.49. The van der Waals surface area contributed by atoms with Gasteiger partial charge in [0.2, 0.25) is 0 Å². The fourth-order valence-corrected chi connectivity index (χ4v) is 6.30. The van der Waals surface area contributed by atoms with Gasteiger partial charge in [0.1, 0.15) is 6.42 Å². The molecule has 1 aromatic carbocycles. The molecule has 5 fully saturated rings. The highest BCUT2D eigenvalue weighted by Crippen LogP contribution is 2.60. The zero-order valence-corrected chi connectivity index (χ0v) is 17.6. The number of esters is 2. The third-order valence-corrected chi connectivity index (χ3v) is 7.35. The first-order valence-electron chi connectivity index (χ1n) is 9.96. The van der Waals surface area contributed by atoms with Crippen LogP contribution < -0.4 is 0 Å². The van der Waals surface area contributed by atoms with E-state index in [1.807, 2.05) is 18.3 Å². The third-order valence-electron chi connectivity index (χ3n) is 6.68. The molecule has 0 atom stereocenters. The molecule has 4 aliphatic carbocycles. The van der Waals surface area contributed by atoms with Crippen molar-refractivity contribution in [3.05, 3.63) is 40.1 Å². The van der Waals surface area contributed by atoms with Gasteiger partial charge < -0.3 is 9.47 Å². The van der Waals surface area contributed by atoms with Gasteiger partial charge >= 0.3 is 11.9 Å². The highest BCUT2D eigenvalue weighted by molar-refractivity contribution is 14.1. The van der Waals surface area contributed by atoms with Crippen molar-refractivity contribution in [1.29, 1.82) is 0 Å². The van der Waals surface area contributed by atoms with Gasteiger partial charge in [0.15, 0.2) is 0 Å². The molecule has 0 N–H and O–H groups in total. The number of aromatic nitrogens is 1. The van der Waals surface area contributed by atoms with Gasteiger partial charge in [-0.1, -0.05) is 6.07 Å². The summed E-state index contributed by atoms with van der Waals surface area (Å²) in [5.74, 6) is 0.381. The summed E-state index contributed by atoms with van der Waals surface area (Å²) < 4.78 is 12.3. The van der Waals surface area contributed by atoms with Crippen LogP contribution in [0.1, 0.15) is 38.5 Å². The normalized spacial score (nSPS) is 31.9. The monoisotopic (exact) mass is 491 g/mol. The largest absolute Gasteiger partial charge is 0.421 e. The highest BCUT2D eigenvalue weighted by Gasteiger charge is 2.63. The van der Waals surface area contributed by atoms with Crippen molar-refractivity contribution in [2.75, 3.05) is 0 Å². The lowest BCUT2D eigenvalue weighted by Crippen LogP contribution is -2.63. The Bertz CT molecular complexity index is 897. The lowest BCUT2D eigenvalue weighted by atomic mass is 9.53. The zero-order chi connectivity index (χ0) is 19.3. The Kier molecular flexibility index (Phi) is 4.56. The van der Waals surface area contributed by atoms with Crippen molar-refractivity contribution in [1.82, 2.24) is 4.98 Å². The predicted molar refractivity (Wildman–Crippen MR) is 111 cm³/mol. The first-order valence-corrected chi connectivity index (χ1v) is 11.0. The molecule has 1 aliphatic heterocycles. The molecule has 5 nitrogen and oxygen atoms in total. The Morgan fingerprint density at radius 1 is 0.929 bits per heavy atom. The second kappa shape index (κ2) is 6.97. The van der Waals surface area contributed by atoms with Crippen molar-refractivity contribution < 1.29 is 19.1 Å². The maximum absolute atomic E-state index is 11.5. The molecule has 4 bridgehead atoms. The molecule has 28 heavy (non-hydrogen) atoms. The number of pyridine rings is 1. The van der Waals surface area contributed by atoms with Crippen LogP contribution in [0.3, 0.4) is 0 Å². The van der Waals surface area contributed by atoms with Crippen LogP contribution in [-0.4, -0.2) is 22.7 Å². The first-order chi connectivity index (χ1) is 13.5. The van der Waals surface area contributed by atoms with Gasteiger partial charge in [0.25, 0.3) is 5.79 Å². The molecule has 2 aromatic rings. The van der Waals surface area contributed by atoms with Crippen LogP contribution in [0, 0.1) is 27.2 Å². The summed E-state index contributed by atoms with van der Waals surface area (Å²) >= 11 is 2.30. The van der Waals surface area contributed by atoms with E-state index in [0.717, 1.165) is 43.0 Å². The Hall–Kier alpha value is -1.70. The molecular formula is C22H22INO4. The zero-order valence-electron chi connectivity index (χ0n) is 15.5. The summed E-state index contributed by atoms with van der Waals surface area (Å²) in [7, 11) is 0. The number of carbonyl (C=O) groups is 2. The standard InChI is InChI=1S/C13H16O4.C9H6IN/c14-11-6-12(15)17-13(16-11)9-2-7-1-8(4-9)5-10(13)3-7;10-8-3-4-9-7(6-8)2-1-5-11-9/h7-10H,1-6H2;1-6H/t7-,8-,9-,10+;. The molecule has 1 spiro atoms. The number of rotatable bonds is 0. The molecule has 6 heteroatoms.